The average molecular weight is 167 g/mol. The smallest absolute Gasteiger partial charge is 0.151 e. The molecule has 1 aliphatic rings. The molecule has 0 amide bonds. The number of hydrogen-bond donors (Lipinski definition) is 1. The summed E-state index contributed by atoms with van der Waals surface area (Å²) in [5, 5.41) is 11.5. The van der Waals surface area contributed by atoms with Crippen LogP contribution >= 0.6 is 0 Å². The molecular formula is C7H13N5. The summed E-state index contributed by atoms with van der Waals surface area (Å²) >= 11 is 0. The Balaban J connectivity index is 2.10. The highest BCUT2D eigenvalue weighted by atomic mass is 15.5. The molecular weight excluding hydrogens is 154 g/mol. The SMILES string of the molecule is NCC1CCc2nnnn2CC1. The lowest BCUT2D eigenvalue weighted by molar-refractivity contribution is 0.440. The van der Waals surface area contributed by atoms with Gasteiger partial charge in [-0.1, -0.05) is 0 Å². The fourth-order valence-electron chi connectivity index (χ4n) is 1.59. The minimum Gasteiger partial charge on any atom is -0.330 e. The number of nitrogens with zero attached hydrogens (tertiary/aromatic N) is 4. The average Bonchev–Trinajstić information content (AvgIpc) is 2.46. The molecule has 2 rings (SSSR count). The summed E-state index contributed by atoms with van der Waals surface area (Å²) in [6.07, 6.45) is 3.19. The predicted molar refractivity (Wildman–Crippen MR) is 43.3 cm³/mol. The molecule has 0 radical (unpaired) electrons. The third-order valence-corrected chi connectivity index (χ3v) is 2.46. The van der Waals surface area contributed by atoms with Crippen molar-refractivity contribution < 1.29 is 0 Å². The monoisotopic (exact) mass is 167 g/mol. The zero-order valence-electron chi connectivity index (χ0n) is 6.98. The van der Waals surface area contributed by atoms with Crippen LogP contribution in [0.2, 0.25) is 0 Å². The Kier molecular flexibility index (Phi) is 2.03. The van der Waals surface area contributed by atoms with Crippen LogP contribution in [-0.4, -0.2) is 26.8 Å². The van der Waals surface area contributed by atoms with Crippen molar-refractivity contribution >= 4 is 0 Å². The van der Waals surface area contributed by atoms with Gasteiger partial charge >= 0.3 is 0 Å². The Morgan fingerprint density at radius 2 is 2.42 bits per heavy atom. The Morgan fingerprint density at radius 1 is 1.50 bits per heavy atom. The number of hydrogen-bond acceptors (Lipinski definition) is 4. The van der Waals surface area contributed by atoms with Gasteiger partial charge in [0.2, 0.25) is 0 Å². The van der Waals surface area contributed by atoms with E-state index in [1.54, 1.807) is 0 Å². The molecule has 1 unspecified atom stereocenters. The molecule has 0 bridgehead atoms. The van der Waals surface area contributed by atoms with Gasteiger partial charge in [-0.25, -0.2) is 4.68 Å². The van der Waals surface area contributed by atoms with Crippen LogP contribution in [0.3, 0.4) is 0 Å². The first kappa shape index (κ1) is 7.67. The standard InChI is InChI=1S/C7H13N5/c8-5-6-1-2-7-9-10-11-12(7)4-3-6/h6H,1-5,8H2. The van der Waals surface area contributed by atoms with Crippen LogP contribution in [0.1, 0.15) is 18.7 Å². The quantitative estimate of drug-likeness (QED) is 0.617. The molecule has 0 fully saturated rings. The van der Waals surface area contributed by atoms with Gasteiger partial charge in [0, 0.05) is 13.0 Å². The van der Waals surface area contributed by atoms with Crippen molar-refractivity contribution in [2.24, 2.45) is 11.7 Å². The van der Waals surface area contributed by atoms with Gasteiger partial charge in [-0.2, -0.15) is 0 Å². The van der Waals surface area contributed by atoms with Crippen LogP contribution in [0.4, 0.5) is 0 Å². The van der Waals surface area contributed by atoms with E-state index in [0.717, 1.165) is 38.2 Å². The minimum atomic E-state index is 0.633. The van der Waals surface area contributed by atoms with E-state index >= 15 is 0 Å². The van der Waals surface area contributed by atoms with Crippen molar-refractivity contribution in [2.75, 3.05) is 6.54 Å². The molecule has 2 heterocycles. The molecule has 2 N–H and O–H groups in total. The fourth-order valence-corrected chi connectivity index (χ4v) is 1.59. The third kappa shape index (κ3) is 1.32. The molecule has 1 atom stereocenters. The first-order valence-electron chi connectivity index (χ1n) is 4.35. The zero-order chi connectivity index (χ0) is 8.39. The van der Waals surface area contributed by atoms with E-state index in [0.29, 0.717) is 5.92 Å². The van der Waals surface area contributed by atoms with E-state index in [1.807, 2.05) is 4.68 Å². The second-order valence-electron chi connectivity index (χ2n) is 3.25. The molecule has 0 saturated carbocycles. The molecule has 12 heavy (non-hydrogen) atoms. The van der Waals surface area contributed by atoms with Gasteiger partial charge in [-0.3, -0.25) is 0 Å². The number of rotatable bonds is 1. The zero-order valence-corrected chi connectivity index (χ0v) is 6.98. The number of tetrazole rings is 1. The van der Waals surface area contributed by atoms with Crippen LogP contribution in [0.15, 0.2) is 0 Å². The van der Waals surface area contributed by atoms with Gasteiger partial charge < -0.3 is 5.73 Å². The molecule has 1 aromatic rings. The van der Waals surface area contributed by atoms with E-state index in [1.165, 1.54) is 0 Å². The molecule has 0 aromatic carbocycles. The number of fused-ring (bicyclic) bond motifs is 1. The highest BCUT2D eigenvalue weighted by molar-refractivity contribution is 4.85. The van der Waals surface area contributed by atoms with Crippen LogP contribution in [0.25, 0.3) is 0 Å². The van der Waals surface area contributed by atoms with Crippen molar-refractivity contribution in [2.45, 2.75) is 25.8 Å². The largest absolute Gasteiger partial charge is 0.330 e. The Bertz CT molecular complexity index is 234. The van der Waals surface area contributed by atoms with E-state index in [-0.39, 0.29) is 0 Å². The normalized spacial score (nSPS) is 23.2. The van der Waals surface area contributed by atoms with E-state index in [2.05, 4.69) is 15.5 Å². The Hall–Kier alpha value is -0.970. The first-order valence-corrected chi connectivity index (χ1v) is 4.35. The second kappa shape index (κ2) is 3.18. The molecule has 0 saturated heterocycles. The minimum absolute atomic E-state index is 0.633. The molecule has 66 valence electrons. The maximum atomic E-state index is 5.61. The maximum absolute atomic E-state index is 5.61. The van der Waals surface area contributed by atoms with Gasteiger partial charge in [-0.15, -0.1) is 5.10 Å². The van der Waals surface area contributed by atoms with Gasteiger partial charge in [0.25, 0.3) is 0 Å². The summed E-state index contributed by atoms with van der Waals surface area (Å²) in [6, 6.07) is 0. The summed E-state index contributed by atoms with van der Waals surface area (Å²) < 4.78 is 1.88. The van der Waals surface area contributed by atoms with Crippen molar-refractivity contribution in [3.63, 3.8) is 0 Å². The lowest BCUT2D eigenvalue weighted by Crippen LogP contribution is -2.15. The molecule has 0 spiro atoms. The van der Waals surface area contributed by atoms with Gasteiger partial charge in [-0.05, 0) is 35.7 Å². The molecule has 5 nitrogen and oxygen atoms in total. The lowest BCUT2D eigenvalue weighted by atomic mass is 10.0. The summed E-state index contributed by atoms with van der Waals surface area (Å²) in [7, 11) is 0. The van der Waals surface area contributed by atoms with Crippen molar-refractivity contribution in [3.05, 3.63) is 5.82 Å². The fraction of sp³-hybridized carbons (Fsp3) is 0.857. The third-order valence-electron chi connectivity index (χ3n) is 2.46. The van der Waals surface area contributed by atoms with Crippen LogP contribution in [0, 0.1) is 5.92 Å². The molecule has 5 heteroatoms. The maximum Gasteiger partial charge on any atom is 0.151 e. The number of aryl methyl sites for hydroxylation is 2. The number of aromatic nitrogens is 4. The van der Waals surface area contributed by atoms with Crippen molar-refractivity contribution in [1.29, 1.82) is 0 Å². The van der Waals surface area contributed by atoms with Crippen molar-refractivity contribution in [3.8, 4) is 0 Å². The summed E-state index contributed by atoms with van der Waals surface area (Å²) in [6.45, 7) is 1.70. The van der Waals surface area contributed by atoms with Crippen LogP contribution in [0.5, 0.6) is 0 Å². The first-order chi connectivity index (χ1) is 5.90. The molecule has 1 aromatic heterocycles. The highest BCUT2D eigenvalue weighted by Crippen LogP contribution is 2.15. The van der Waals surface area contributed by atoms with Crippen LogP contribution < -0.4 is 5.73 Å². The second-order valence-corrected chi connectivity index (χ2v) is 3.25. The summed E-state index contributed by atoms with van der Waals surface area (Å²) in [5.41, 5.74) is 5.61. The van der Waals surface area contributed by atoms with Crippen molar-refractivity contribution in [1.82, 2.24) is 20.2 Å². The van der Waals surface area contributed by atoms with E-state index in [9.17, 15) is 0 Å². The summed E-state index contributed by atoms with van der Waals surface area (Å²) in [5.74, 6) is 1.64. The highest BCUT2D eigenvalue weighted by Gasteiger charge is 2.16. The Labute approximate surface area is 70.9 Å². The lowest BCUT2D eigenvalue weighted by Gasteiger charge is -2.08. The van der Waals surface area contributed by atoms with Crippen LogP contribution in [-0.2, 0) is 13.0 Å². The van der Waals surface area contributed by atoms with E-state index < -0.39 is 0 Å². The summed E-state index contributed by atoms with van der Waals surface area (Å²) in [4.78, 5) is 0. The molecule has 0 aliphatic carbocycles. The number of nitrogens with two attached hydrogens (primary N) is 1. The predicted octanol–water partition coefficient (Wildman–Crippen LogP) is -0.416. The van der Waals surface area contributed by atoms with Gasteiger partial charge in [0.05, 0.1) is 0 Å². The topological polar surface area (TPSA) is 69.6 Å². The van der Waals surface area contributed by atoms with Gasteiger partial charge in [0.1, 0.15) is 0 Å². The van der Waals surface area contributed by atoms with E-state index in [4.69, 9.17) is 5.73 Å². The molecule has 1 aliphatic heterocycles. The van der Waals surface area contributed by atoms with Gasteiger partial charge in [0.15, 0.2) is 5.82 Å². The Morgan fingerprint density at radius 3 is 3.25 bits per heavy atom.